The van der Waals surface area contributed by atoms with Crippen LogP contribution in [0.25, 0.3) is 0 Å². The topological polar surface area (TPSA) is 75.0 Å². The lowest BCUT2D eigenvalue weighted by Crippen LogP contribution is -2.34. The highest BCUT2D eigenvalue weighted by Crippen LogP contribution is 2.12. The zero-order chi connectivity index (χ0) is 13.6. The van der Waals surface area contributed by atoms with Gasteiger partial charge < -0.3 is 10.1 Å². The Kier molecular flexibility index (Phi) is 4.67. The van der Waals surface area contributed by atoms with Gasteiger partial charge in [0.1, 0.15) is 5.60 Å². The lowest BCUT2D eigenvalue weighted by atomic mass is 10.0. The maximum atomic E-state index is 11.5. The van der Waals surface area contributed by atoms with Crippen LogP contribution in [0.2, 0.25) is 0 Å². The Labute approximate surface area is 107 Å². The number of amides is 1. The van der Waals surface area contributed by atoms with Crippen LogP contribution in [0.1, 0.15) is 32.3 Å². The molecule has 1 rings (SSSR count). The number of nitriles is 1. The fourth-order valence-electron chi connectivity index (χ4n) is 1.32. The lowest BCUT2D eigenvalue weighted by molar-refractivity contribution is 0.0527. The second kappa shape index (κ2) is 6.01. The largest absolute Gasteiger partial charge is 0.444 e. The van der Waals surface area contributed by atoms with E-state index in [0.717, 1.165) is 5.56 Å². The van der Waals surface area contributed by atoms with E-state index in [1.54, 1.807) is 45.3 Å². The van der Waals surface area contributed by atoms with Crippen LogP contribution in [0.15, 0.2) is 24.5 Å². The number of pyridine rings is 1. The van der Waals surface area contributed by atoms with Gasteiger partial charge in [-0.25, -0.2) is 4.79 Å². The van der Waals surface area contributed by atoms with Crippen molar-refractivity contribution in [3.05, 3.63) is 30.1 Å². The molecule has 18 heavy (non-hydrogen) atoms. The molecule has 0 radical (unpaired) electrons. The summed E-state index contributed by atoms with van der Waals surface area (Å²) >= 11 is 0. The SMILES string of the molecule is CC(C)(C)OC(=O)NCC(C#N)c1cccnc1. The molecule has 1 N–H and O–H groups in total. The first kappa shape index (κ1) is 14.0. The van der Waals surface area contributed by atoms with Gasteiger partial charge in [-0.1, -0.05) is 6.07 Å². The maximum Gasteiger partial charge on any atom is 0.407 e. The van der Waals surface area contributed by atoms with Gasteiger partial charge in [0.15, 0.2) is 0 Å². The number of carbonyl (C=O) groups excluding carboxylic acids is 1. The number of alkyl carbamates (subject to hydrolysis) is 1. The van der Waals surface area contributed by atoms with Gasteiger partial charge in [0.05, 0.1) is 12.0 Å². The molecule has 0 spiro atoms. The predicted octanol–water partition coefficient (Wildman–Crippen LogP) is 2.21. The minimum Gasteiger partial charge on any atom is -0.444 e. The van der Waals surface area contributed by atoms with Crippen molar-refractivity contribution < 1.29 is 9.53 Å². The van der Waals surface area contributed by atoms with Crippen LogP contribution < -0.4 is 5.32 Å². The summed E-state index contributed by atoms with van der Waals surface area (Å²) in [5.74, 6) is -0.425. The molecule has 0 bridgehead atoms. The summed E-state index contributed by atoms with van der Waals surface area (Å²) in [4.78, 5) is 15.4. The first-order valence-corrected chi connectivity index (χ1v) is 5.69. The molecule has 1 heterocycles. The molecule has 1 aromatic rings. The van der Waals surface area contributed by atoms with Gasteiger partial charge in [0.2, 0.25) is 0 Å². The molecule has 1 amide bonds. The lowest BCUT2D eigenvalue weighted by Gasteiger charge is -2.20. The third-order valence-corrected chi connectivity index (χ3v) is 2.09. The van der Waals surface area contributed by atoms with Crippen molar-refractivity contribution in [1.82, 2.24) is 10.3 Å². The number of nitrogens with one attached hydrogen (secondary N) is 1. The Bertz CT molecular complexity index is 432. The molecule has 0 aliphatic rings. The van der Waals surface area contributed by atoms with Gasteiger partial charge in [-0.3, -0.25) is 4.98 Å². The Hall–Kier alpha value is -2.09. The molecule has 1 unspecified atom stereocenters. The van der Waals surface area contributed by atoms with Gasteiger partial charge in [-0.2, -0.15) is 5.26 Å². The number of carbonyl (C=O) groups is 1. The van der Waals surface area contributed by atoms with E-state index in [1.807, 2.05) is 0 Å². The van der Waals surface area contributed by atoms with Crippen molar-refractivity contribution in [2.45, 2.75) is 32.3 Å². The fourth-order valence-corrected chi connectivity index (χ4v) is 1.32. The van der Waals surface area contributed by atoms with Gasteiger partial charge in [-0.15, -0.1) is 0 Å². The Morgan fingerprint density at radius 1 is 1.61 bits per heavy atom. The molecule has 0 saturated carbocycles. The van der Waals surface area contributed by atoms with Crippen LogP contribution in [-0.4, -0.2) is 23.2 Å². The van der Waals surface area contributed by atoms with E-state index < -0.39 is 17.6 Å². The fraction of sp³-hybridized carbons (Fsp3) is 0.462. The van der Waals surface area contributed by atoms with Crippen LogP contribution in [-0.2, 0) is 4.74 Å². The average molecular weight is 247 g/mol. The monoisotopic (exact) mass is 247 g/mol. The minimum atomic E-state index is -0.541. The van der Waals surface area contributed by atoms with E-state index in [4.69, 9.17) is 10.00 Å². The van der Waals surface area contributed by atoms with Crippen molar-refractivity contribution in [2.75, 3.05) is 6.54 Å². The third-order valence-electron chi connectivity index (χ3n) is 2.09. The maximum absolute atomic E-state index is 11.5. The Morgan fingerprint density at radius 3 is 2.83 bits per heavy atom. The molecule has 1 aromatic heterocycles. The summed E-state index contributed by atoms with van der Waals surface area (Å²) in [6, 6.07) is 5.69. The van der Waals surface area contributed by atoms with Crippen molar-refractivity contribution in [3.8, 4) is 6.07 Å². The first-order chi connectivity index (χ1) is 8.42. The van der Waals surface area contributed by atoms with Crippen molar-refractivity contribution in [2.24, 2.45) is 0 Å². The molecule has 0 aromatic carbocycles. The second-order valence-corrected chi connectivity index (χ2v) is 4.85. The standard InChI is InChI=1S/C13H17N3O2/c1-13(2,3)18-12(17)16-9-11(7-14)10-5-4-6-15-8-10/h4-6,8,11H,9H2,1-3H3,(H,16,17). The quantitative estimate of drug-likeness (QED) is 0.888. The molecule has 0 aliphatic heterocycles. The van der Waals surface area contributed by atoms with Gasteiger partial charge >= 0.3 is 6.09 Å². The van der Waals surface area contributed by atoms with Gasteiger partial charge in [-0.05, 0) is 32.4 Å². The van der Waals surface area contributed by atoms with E-state index in [1.165, 1.54) is 0 Å². The molecule has 1 atom stereocenters. The number of ether oxygens (including phenoxy) is 1. The smallest absolute Gasteiger partial charge is 0.407 e. The highest BCUT2D eigenvalue weighted by atomic mass is 16.6. The zero-order valence-corrected chi connectivity index (χ0v) is 10.8. The number of hydrogen-bond acceptors (Lipinski definition) is 4. The van der Waals surface area contributed by atoms with Gasteiger partial charge in [0, 0.05) is 18.9 Å². The molecule has 5 nitrogen and oxygen atoms in total. The highest BCUT2D eigenvalue weighted by Gasteiger charge is 2.18. The number of hydrogen-bond donors (Lipinski definition) is 1. The normalized spacial score (nSPS) is 12.3. The second-order valence-electron chi connectivity index (χ2n) is 4.85. The average Bonchev–Trinajstić information content (AvgIpc) is 2.29. The summed E-state index contributed by atoms with van der Waals surface area (Å²) in [5.41, 5.74) is 0.233. The molecular formula is C13H17N3O2. The zero-order valence-electron chi connectivity index (χ0n) is 10.8. The third kappa shape index (κ3) is 4.83. The molecule has 0 aliphatic carbocycles. The van der Waals surface area contributed by atoms with Gasteiger partial charge in [0.25, 0.3) is 0 Å². The Balaban J connectivity index is 2.52. The van der Waals surface area contributed by atoms with Crippen LogP contribution in [0.4, 0.5) is 4.79 Å². The molecule has 96 valence electrons. The number of rotatable bonds is 3. The molecular weight excluding hydrogens is 230 g/mol. The number of aromatic nitrogens is 1. The molecule has 0 saturated heterocycles. The molecule has 0 fully saturated rings. The van der Waals surface area contributed by atoms with Crippen molar-refractivity contribution in [1.29, 1.82) is 5.26 Å². The van der Waals surface area contributed by atoms with Crippen LogP contribution in [0, 0.1) is 11.3 Å². The highest BCUT2D eigenvalue weighted by molar-refractivity contribution is 5.67. The van der Waals surface area contributed by atoms with Crippen LogP contribution in [0.5, 0.6) is 0 Å². The van der Waals surface area contributed by atoms with Crippen LogP contribution >= 0.6 is 0 Å². The van der Waals surface area contributed by atoms with Crippen LogP contribution in [0.3, 0.4) is 0 Å². The van der Waals surface area contributed by atoms with E-state index in [2.05, 4.69) is 16.4 Å². The predicted molar refractivity (Wildman–Crippen MR) is 66.8 cm³/mol. The van der Waals surface area contributed by atoms with E-state index in [9.17, 15) is 4.79 Å². The van der Waals surface area contributed by atoms with Crippen molar-refractivity contribution in [3.63, 3.8) is 0 Å². The summed E-state index contributed by atoms with van der Waals surface area (Å²) in [6.45, 7) is 5.57. The van der Waals surface area contributed by atoms with E-state index in [-0.39, 0.29) is 6.54 Å². The number of nitrogens with zero attached hydrogens (tertiary/aromatic N) is 2. The van der Waals surface area contributed by atoms with E-state index >= 15 is 0 Å². The summed E-state index contributed by atoms with van der Waals surface area (Å²) < 4.78 is 5.09. The van der Waals surface area contributed by atoms with E-state index in [0.29, 0.717) is 0 Å². The first-order valence-electron chi connectivity index (χ1n) is 5.69. The summed E-state index contributed by atoms with van der Waals surface area (Å²) in [5, 5.41) is 11.6. The minimum absolute atomic E-state index is 0.205. The summed E-state index contributed by atoms with van der Waals surface area (Å²) in [7, 11) is 0. The Morgan fingerprint density at radius 2 is 2.33 bits per heavy atom. The summed E-state index contributed by atoms with van der Waals surface area (Å²) in [6.07, 6.45) is 2.73. The van der Waals surface area contributed by atoms with Crippen molar-refractivity contribution >= 4 is 6.09 Å². The molecule has 5 heteroatoms.